The molecule has 104 valence electrons. The molecule has 0 bridgehead atoms. The molecule has 1 aromatic carbocycles. The van der Waals surface area contributed by atoms with Crippen molar-refractivity contribution in [3.63, 3.8) is 0 Å². The van der Waals surface area contributed by atoms with E-state index >= 15 is 0 Å². The lowest BCUT2D eigenvalue weighted by Gasteiger charge is -2.41. The maximum atomic E-state index is 13.8. The third-order valence-electron chi connectivity index (χ3n) is 4.01. The fourth-order valence-electron chi connectivity index (χ4n) is 2.52. The SMILES string of the molecule is CCC(C)(C(=O)c1ccccc1F)N1CCOCC1. The molecule has 19 heavy (non-hydrogen) atoms. The van der Waals surface area contributed by atoms with Gasteiger partial charge in [-0.3, -0.25) is 9.69 Å². The minimum absolute atomic E-state index is 0.144. The number of ketones is 1. The third kappa shape index (κ3) is 2.69. The Kier molecular flexibility index (Phi) is 4.32. The Bertz CT molecular complexity index is 457. The zero-order valence-electron chi connectivity index (χ0n) is 11.5. The second-order valence-electron chi connectivity index (χ2n) is 5.04. The normalized spacial score (nSPS) is 19.9. The van der Waals surface area contributed by atoms with E-state index in [0.29, 0.717) is 32.7 Å². The van der Waals surface area contributed by atoms with Crippen LogP contribution in [0.1, 0.15) is 30.6 Å². The second kappa shape index (κ2) is 5.80. The highest BCUT2D eigenvalue weighted by Crippen LogP contribution is 2.26. The molecular weight excluding hydrogens is 245 g/mol. The van der Waals surface area contributed by atoms with E-state index in [4.69, 9.17) is 4.74 Å². The molecule has 0 amide bonds. The van der Waals surface area contributed by atoms with Gasteiger partial charge in [-0.15, -0.1) is 0 Å². The summed E-state index contributed by atoms with van der Waals surface area (Å²) in [6.07, 6.45) is 0.653. The number of ether oxygens (including phenoxy) is 1. The van der Waals surface area contributed by atoms with Crippen LogP contribution in [-0.2, 0) is 4.74 Å². The summed E-state index contributed by atoms with van der Waals surface area (Å²) in [7, 11) is 0. The number of morpholine rings is 1. The standard InChI is InChI=1S/C15H20FNO2/c1-3-15(2,17-8-10-19-11-9-17)14(18)12-6-4-5-7-13(12)16/h4-7H,3,8-11H2,1-2H3. The summed E-state index contributed by atoms with van der Waals surface area (Å²) in [5.41, 5.74) is -0.482. The van der Waals surface area contributed by atoms with Gasteiger partial charge in [0.15, 0.2) is 5.78 Å². The smallest absolute Gasteiger partial charge is 0.185 e. The van der Waals surface area contributed by atoms with Gasteiger partial charge in [0.2, 0.25) is 0 Å². The minimum Gasteiger partial charge on any atom is -0.379 e. The van der Waals surface area contributed by atoms with Crippen LogP contribution in [-0.4, -0.2) is 42.5 Å². The van der Waals surface area contributed by atoms with Crippen LogP contribution in [0.5, 0.6) is 0 Å². The first kappa shape index (κ1) is 14.2. The molecule has 2 rings (SSSR count). The Morgan fingerprint density at radius 2 is 2.00 bits per heavy atom. The van der Waals surface area contributed by atoms with Gasteiger partial charge in [-0.25, -0.2) is 4.39 Å². The molecular formula is C15H20FNO2. The van der Waals surface area contributed by atoms with Crippen LogP contribution in [0.15, 0.2) is 24.3 Å². The Morgan fingerprint density at radius 1 is 1.37 bits per heavy atom. The maximum Gasteiger partial charge on any atom is 0.185 e. The molecule has 1 fully saturated rings. The summed E-state index contributed by atoms with van der Waals surface area (Å²) >= 11 is 0. The number of nitrogens with zero attached hydrogens (tertiary/aromatic N) is 1. The van der Waals surface area contributed by atoms with Crippen molar-refractivity contribution in [1.29, 1.82) is 0 Å². The first-order valence-corrected chi connectivity index (χ1v) is 6.71. The summed E-state index contributed by atoms with van der Waals surface area (Å²) in [5.74, 6) is -0.588. The minimum atomic E-state index is -0.661. The highest BCUT2D eigenvalue weighted by Gasteiger charge is 2.39. The zero-order valence-corrected chi connectivity index (χ0v) is 11.5. The molecule has 0 N–H and O–H groups in total. The quantitative estimate of drug-likeness (QED) is 0.783. The van der Waals surface area contributed by atoms with Gasteiger partial charge in [-0.1, -0.05) is 19.1 Å². The number of carbonyl (C=O) groups excluding carboxylic acids is 1. The highest BCUT2D eigenvalue weighted by atomic mass is 19.1. The molecule has 1 aliphatic heterocycles. The average Bonchev–Trinajstić information content (AvgIpc) is 2.47. The van der Waals surface area contributed by atoms with Gasteiger partial charge in [0.05, 0.1) is 24.3 Å². The molecule has 4 heteroatoms. The van der Waals surface area contributed by atoms with E-state index in [0.717, 1.165) is 0 Å². The fraction of sp³-hybridized carbons (Fsp3) is 0.533. The van der Waals surface area contributed by atoms with Gasteiger partial charge in [0, 0.05) is 13.1 Å². The molecule has 1 atom stereocenters. The summed E-state index contributed by atoms with van der Waals surface area (Å²) in [6, 6.07) is 6.20. The van der Waals surface area contributed by atoms with Crippen molar-refractivity contribution >= 4 is 5.78 Å². The largest absolute Gasteiger partial charge is 0.379 e. The third-order valence-corrected chi connectivity index (χ3v) is 4.01. The first-order chi connectivity index (χ1) is 9.09. The molecule has 0 spiro atoms. The predicted octanol–water partition coefficient (Wildman–Crippen LogP) is 2.51. The predicted molar refractivity (Wildman–Crippen MR) is 71.8 cm³/mol. The lowest BCUT2D eigenvalue weighted by Crippen LogP contribution is -2.56. The Balaban J connectivity index is 2.30. The fourth-order valence-corrected chi connectivity index (χ4v) is 2.52. The van der Waals surface area contributed by atoms with Crippen molar-refractivity contribution in [3.05, 3.63) is 35.6 Å². The van der Waals surface area contributed by atoms with Gasteiger partial charge in [0.25, 0.3) is 0 Å². The van der Waals surface area contributed by atoms with Gasteiger partial charge in [-0.2, -0.15) is 0 Å². The van der Waals surface area contributed by atoms with Gasteiger partial charge in [0.1, 0.15) is 5.82 Å². The number of rotatable bonds is 4. The van der Waals surface area contributed by atoms with Crippen LogP contribution in [0, 0.1) is 5.82 Å². The van der Waals surface area contributed by atoms with Crippen molar-refractivity contribution in [2.24, 2.45) is 0 Å². The summed E-state index contributed by atoms with van der Waals surface area (Å²) in [4.78, 5) is 14.8. The summed E-state index contributed by atoms with van der Waals surface area (Å²) in [6.45, 7) is 6.54. The Hall–Kier alpha value is -1.26. The van der Waals surface area contributed by atoms with Crippen molar-refractivity contribution < 1.29 is 13.9 Å². The second-order valence-corrected chi connectivity index (χ2v) is 5.04. The van der Waals surface area contributed by atoms with E-state index in [9.17, 15) is 9.18 Å². The lowest BCUT2D eigenvalue weighted by molar-refractivity contribution is -0.0107. The van der Waals surface area contributed by atoms with E-state index in [1.165, 1.54) is 6.07 Å². The van der Waals surface area contributed by atoms with Crippen LogP contribution in [0.4, 0.5) is 4.39 Å². The van der Waals surface area contributed by atoms with E-state index < -0.39 is 11.4 Å². The number of benzene rings is 1. The van der Waals surface area contributed by atoms with E-state index in [1.54, 1.807) is 18.2 Å². The van der Waals surface area contributed by atoms with Crippen molar-refractivity contribution in [2.75, 3.05) is 26.3 Å². The van der Waals surface area contributed by atoms with Gasteiger partial charge in [-0.05, 0) is 25.5 Å². The first-order valence-electron chi connectivity index (χ1n) is 6.71. The van der Waals surface area contributed by atoms with E-state index in [2.05, 4.69) is 4.90 Å². The number of Topliss-reactive ketones (excluding diaryl/α,β-unsaturated/α-hetero) is 1. The molecule has 0 aromatic heterocycles. The monoisotopic (exact) mass is 265 g/mol. The Labute approximate surface area is 113 Å². The molecule has 1 saturated heterocycles. The number of carbonyl (C=O) groups is 1. The molecule has 0 saturated carbocycles. The van der Waals surface area contributed by atoms with Crippen molar-refractivity contribution in [1.82, 2.24) is 4.90 Å². The zero-order chi connectivity index (χ0) is 13.9. The van der Waals surface area contributed by atoms with Crippen molar-refractivity contribution in [3.8, 4) is 0 Å². The van der Waals surface area contributed by atoms with Crippen molar-refractivity contribution in [2.45, 2.75) is 25.8 Å². The van der Waals surface area contributed by atoms with Crippen LogP contribution >= 0.6 is 0 Å². The van der Waals surface area contributed by atoms with Crippen LogP contribution < -0.4 is 0 Å². The highest BCUT2D eigenvalue weighted by molar-refractivity contribution is 6.03. The summed E-state index contributed by atoms with van der Waals surface area (Å²) in [5, 5.41) is 0. The van der Waals surface area contributed by atoms with Gasteiger partial charge < -0.3 is 4.74 Å². The number of hydrogen-bond donors (Lipinski definition) is 0. The maximum absolute atomic E-state index is 13.8. The van der Waals surface area contributed by atoms with Crippen LogP contribution in [0.3, 0.4) is 0 Å². The molecule has 1 heterocycles. The van der Waals surface area contributed by atoms with Crippen LogP contribution in [0.2, 0.25) is 0 Å². The van der Waals surface area contributed by atoms with Gasteiger partial charge >= 0.3 is 0 Å². The topological polar surface area (TPSA) is 29.5 Å². The number of hydrogen-bond acceptors (Lipinski definition) is 3. The molecule has 3 nitrogen and oxygen atoms in total. The molecule has 1 aromatic rings. The Morgan fingerprint density at radius 3 is 2.58 bits per heavy atom. The summed E-state index contributed by atoms with van der Waals surface area (Å²) < 4.78 is 19.1. The van der Waals surface area contributed by atoms with Crippen LogP contribution in [0.25, 0.3) is 0 Å². The molecule has 0 radical (unpaired) electrons. The molecule has 1 unspecified atom stereocenters. The lowest BCUT2D eigenvalue weighted by atomic mass is 9.86. The average molecular weight is 265 g/mol. The molecule has 1 aliphatic rings. The van der Waals surface area contributed by atoms with E-state index in [1.807, 2.05) is 13.8 Å². The number of halogens is 1. The van der Waals surface area contributed by atoms with E-state index in [-0.39, 0.29) is 11.3 Å². The molecule has 0 aliphatic carbocycles.